The van der Waals surface area contributed by atoms with Crippen LogP contribution in [0, 0.1) is 0 Å². The fourth-order valence-electron chi connectivity index (χ4n) is 2.05. The molecule has 0 fully saturated rings. The smallest absolute Gasteiger partial charge is 0.126 e. The molecule has 1 aromatic heterocycles. The molecule has 0 aromatic carbocycles. The Labute approximate surface area is 128 Å². The van der Waals surface area contributed by atoms with Gasteiger partial charge in [-0.25, -0.2) is 4.98 Å². The normalized spacial score (nSPS) is 11.0. The van der Waals surface area contributed by atoms with Crippen molar-refractivity contribution in [3.05, 3.63) is 23.9 Å². The lowest BCUT2D eigenvalue weighted by Crippen LogP contribution is -2.30. The highest BCUT2D eigenvalue weighted by Gasteiger charge is 2.07. The van der Waals surface area contributed by atoms with Gasteiger partial charge in [0.2, 0.25) is 0 Å². The summed E-state index contributed by atoms with van der Waals surface area (Å²) in [6.07, 6.45) is 1.86. The van der Waals surface area contributed by atoms with Gasteiger partial charge in [-0.05, 0) is 38.5 Å². The average Bonchev–Trinajstić information content (AvgIpc) is 2.48. The van der Waals surface area contributed by atoms with E-state index in [9.17, 15) is 0 Å². The molecule has 21 heavy (non-hydrogen) atoms. The summed E-state index contributed by atoms with van der Waals surface area (Å²) in [4.78, 5) is 6.67. The maximum atomic E-state index is 5.46. The van der Waals surface area contributed by atoms with Crippen molar-refractivity contribution in [2.75, 3.05) is 51.4 Å². The van der Waals surface area contributed by atoms with Crippen LogP contribution < -0.4 is 5.32 Å². The highest BCUT2D eigenvalue weighted by Crippen LogP contribution is 2.09. The Morgan fingerprint density at radius 3 is 2.33 bits per heavy atom. The summed E-state index contributed by atoms with van der Waals surface area (Å²) in [6, 6.07) is 4.17. The summed E-state index contributed by atoms with van der Waals surface area (Å²) >= 11 is 0. The van der Waals surface area contributed by atoms with Crippen molar-refractivity contribution in [3.63, 3.8) is 0 Å². The van der Waals surface area contributed by atoms with E-state index >= 15 is 0 Å². The van der Waals surface area contributed by atoms with Crippen LogP contribution in [0.25, 0.3) is 0 Å². The van der Waals surface area contributed by atoms with Crippen molar-refractivity contribution in [3.8, 4) is 0 Å². The van der Waals surface area contributed by atoms with E-state index in [1.807, 2.05) is 20.0 Å². The predicted octanol–water partition coefficient (Wildman–Crippen LogP) is 2.39. The summed E-state index contributed by atoms with van der Waals surface area (Å²) in [6.45, 7) is 12.8. The van der Waals surface area contributed by atoms with Crippen LogP contribution in [-0.2, 0) is 16.0 Å². The third-order valence-corrected chi connectivity index (χ3v) is 3.10. The van der Waals surface area contributed by atoms with Gasteiger partial charge in [-0.1, -0.05) is 0 Å². The fraction of sp³-hybridized carbons (Fsp3) is 0.688. The lowest BCUT2D eigenvalue weighted by atomic mass is 10.2. The molecule has 1 aromatic rings. The van der Waals surface area contributed by atoms with Gasteiger partial charge in [0.15, 0.2) is 0 Å². The lowest BCUT2D eigenvalue weighted by molar-refractivity contribution is 0.0798. The molecule has 0 atom stereocenters. The molecule has 0 saturated carbocycles. The summed E-state index contributed by atoms with van der Waals surface area (Å²) in [5.41, 5.74) is 1.26. The number of hydrogen-bond donors (Lipinski definition) is 1. The SMILES string of the molecule is CCNc1cc(CN(CCOCC)CCOCC)ccn1. The minimum atomic E-state index is 0.758. The summed E-state index contributed by atoms with van der Waals surface area (Å²) in [5.74, 6) is 0.935. The fourth-order valence-corrected chi connectivity index (χ4v) is 2.05. The van der Waals surface area contributed by atoms with Gasteiger partial charge in [-0.2, -0.15) is 0 Å². The maximum Gasteiger partial charge on any atom is 0.126 e. The average molecular weight is 295 g/mol. The van der Waals surface area contributed by atoms with Gasteiger partial charge >= 0.3 is 0 Å². The van der Waals surface area contributed by atoms with Crippen LogP contribution in [0.5, 0.6) is 0 Å². The highest BCUT2D eigenvalue weighted by atomic mass is 16.5. The number of anilines is 1. The molecule has 1 rings (SSSR count). The Morgan fingerprint density at radius 2 is 1.76 bits per heavy atom. The second-order valence-electron chi connectivity index (χ2n) is 4.75. The first-order valence-corrected chi connectivity index (χ1v) is 7.86. The summed E-state index contributed by atoms with van der Waals surface area (Å²) in [7, 11) is 0. The van der Waals surface area contributed by atoms with E-state index in [1.165, 1.54) is 5.56 Å². The molecular formula is C16H29N3O2. The van der Waals surface area contributed by atoms with Crippen LogP contribution in [0.15, 0.2) is 18.3 Å². The Balaban J connectivity index is 2.54. The van der Waals surface area contributed by atoms with Crippen LogP contribution in [0.1, 0.15) is 26.3 Å². The standard InChI is InChI=1S/C16H29N3O2/c1-4-17-16-13-15(7-8-18-16)14-19(9-11-20-5-2)10-12-21-6-3/h7-8,13H,4-6,9-12,14H2,1-3H3,(H,17,18). The van der Waals surface area contributed by atoms with Crippen molar-refractivity contribution in [1.82, 2.24) is 9.88 Å². The zero-order valence-electron chi connectivity index (χ0n) is 13.6. The van der Waals surface area contributed by atoms with E-state index in [-0.39, 0.29) is 0 Å². The Hall–Kier alpha value is -1.17. The van der Waals surface area contributed by atoms with Gasteiger partial charge in [-0.15, -0.1) is 0 Å². The van der Waals surface area contributed by atoms with Crippen LogP contribution in [0.2, 0.25) is 0 Å². The summed E-state index contributed by atoms with van der Waals surface area (Å²) in [5, 5.41) is 3.25. The molecule has 5 heteroatoms. The first-order valence-electron chi connectivity index (χ1n) is 7.86. The first kappa shape index (κ1) is 17.9. The summed E-state index contributed by atoms with van der Waals surface area (Å²) < 4.78 is 10.9. The Kier molecular flexibility index (Phi) is 9.78. The van der Waals surface area contributed by atoms with Crippen LogP contribution in [0.3, 0.4) is 0 Å². The molecule has 0 aliphatic heterocycles. The van der Waals surface area contributed by atoms with Crippen LogP contribution >= 0.6 is 0 Å². The van der Waals surface area contributed by atoms with Crippen LogP contribution in [0.4, 0.5) is 5.82 Å². The molecule has 0 aliphatic rings. The lowest BCUT2D eigenvalue weighted by Gasteiger charge is -2.22. The molecule has 0 unspecified atom stereocenters. The maximum absolute atomic E-state index is 5.46. The van der Waals surface area contributed by atoms with E-state index < -0.39 is 0 Å². The number of rotatable bonds is 12. The second-order valence-corrected chi connectivity index (χ2v) is 4.75. The van der Waals surface area contributed by atoms with Crippen molar-refractivity contribution in [2.45, 2.75) is 27.3 Å². The van der Waals surface area contributed by atoms with E-state index in [0.717, 1.165) is 58.4 Å². The molecule has 0 saturated heterocycles. The molecule has 120 valence electrons. The number of pyridine rings is 1. The minimum Gasteiger partial charge on any atom is -0.380 e. The monoisotopic (exact) mass is 295 g/mol. The van der Waals surface area contributed by atoms with Crippen molar-refractivity contribution >= 4 is 5.82 Å². The highest BCUT2D eigenvalue weighted by molar-refractivity contribution is 5.37. The van der Waals surface area contributed by atoms with Gasteiger partial charge in [-0.3, -0.25) is 4.90 Å². The van der Waals surface area contributed by atoms with Gasteiger partial charge in [0.1, 0.15) is 5.82 Å². The van der Waals surface area contributed by atoms with Gasteiger partial charge in [0, 0.05) is 45.6 Å². The molecule has 0 amide bonds. The number of ether oxygens (including phenoxy) is 2. The van der Waals surface area contributed by atoms with E-state index in [0.29, 0.717) is 0 Å². The van der Waals surface area contributed by atoms with Crippen LogP contribution in [-0.4, -0.2) is 55.9 Å². The van der Waals surface area contributed by atoms with Crippen molar-refractivity contribution in [1.29, 1.82) is 0 Å². The molecule has 0 spiro atoms. The van der Waals surface area contributed by atoms with Gasteiger partial charge < -0.3 is 14.8 Å². The first-order chi connectivity index (χ1) is 10.3. The van der Waals surface area contributed by atoms with Gasteiger partial charge in [0.25, 0.3) is 0 Å². The Bertz CT molecular complexity index is 364. The number of aromatic nitrogens is 1. The molecule has 1 N–H and O–H groups in total. The molecule has 0 bridgehead atoms. The third kappa shape index (κ3) is 7.99. The second kappa shape index (κ2) is 11.5. The van der Waals surface area contributed by atoms with E-state index in [1.54, 1.807) is 0 Å². The zero-order valence-corrected chi connectivity index (χ0v) is 13.6. The van der Waals surface area contributed by atoms with E-state index in [4.69, 9.17) is 9.47 Å². The molecular weight excluding hydrogens is 266 g/mol. The molecule has 1 heterocycles. The number of hydrogen-bond acceptors (Lipinski definition) is 5. The van der Waals surface area contributed by atoms with Gasteiger partial charge in [0.05, 0.1) is 13.2 Å². The molecule has 0 aliphatic carbocycles. The molecule has 0 radical (unpaired) electrons. The minimum absolute atomic E-state index is 0.758. The molecule has 5 nitrogen and oxygen atoms in total. The zero-order chi connectivity index (χ0) is 15.3. The third-order valence-electron chi connectivity index (χ3n) is 3.10. The number of nitrogens with zero attached hydrogens (tertiary/aromatic N) is 2. The Morgan fingerprint density at radius 1 is 1.10 bits per heavy atom. The van der Waals surface area contributed by atoms with Crippen molar-refractivity contribution < 1.29 is 9.47 Å². The predicted molar refractivity (Wildman–Crippen MR) is 86.7 cm³/mol. The quantitative estimate of drug-likeness (QED) is 0.600. The van der Waals surface area contributed by atoms with E-state index in [2.05, 4.69) is 34.3 Å². The largest absolute Gasteiger partial charge is 0.380 e. The topological polar surface area (TPSA) is 46.6 Å². The number of nitrogens with one attached hydrogen (secondary N) is 1. The van der Waals surface area contributed by atoms with Crippen molar-refractivity contribution in [2.24, 2.45) is 0 Å².